The van der Waals surface area contributed by atoms with Crippen LogP contribution in [0.5, 0.6) is 0 Å². The molecule has 2 aromatic rings. The van der Waals surface area contributed by atoms with Crippen LogP contribution in [-0.4, -0.2) is 15.4 Å². The number of fused-ring (bicyclic) bond motifs is 1. The van der Waals surface area contributed by atoms with Crippen LogP contribution in [0.15, 0.2) is 29.6 Å². The summed E-state index contributed by atoms with van der Waals surface area (Å²) in [5, 5.41) is 13.0. The third-order valence-electron chi connectivity index (χ3n) is 1.97. The number of aromatic amines is 1. The van der Waals surface area contributed by atoms with Gasteiger partial charge in [-0.15, -0.1) is 0 Å². The Morgan fingerprint density at radius 1 is 1.43 bits per heavy atom. The number of nitrogens with zero attached hydrogens (tertiary/aromatic N) is 1. The van der Waals surface area contributed by atoms with Crippen molar-refractivity contribution in [3.63, 3.8) is 0 Å². The molecule has 5 heteroatoms. The van der Waals surface area contributed by atoms with E-state index in [4.69, 9.17) is 28.4 Å². The van der Waals surface area contributed by atoms with E-state index in [-0.39, 0.29) is 5.17 Å². The molecule has 0 spiro atoms. The van der Waals surface area contributed by atoms with Gasteiger partial charge in [0.05, 0.1) is 10.5 Å². The van der Waals surface area contributed by atoms with Crippen LogP contribution >= 0.6 is 23.2 Å². The fraction of sp³-hybridized carbons (Fsp3) is 0. The molecule has 1 heterocycles. The molecular weight excluding hydrogens is 223 g/mol. The van der Waals surface area contributed by atoms with Crippen LogP contribution in [-0.2, 0) is 0 Å². The van der Waals surface area contributed by atoms with E-state index < -0.39 is 0 Å². The summed E-state index contributed by atoms with van der Waals surface area (Å²) >= 11 is 11.6. The Hall–Kier alpha value is -1.19. The smallest absolute Gasteiger partial charge is 0.177 e. The van der Waals surface area contributed by atoms with Gasteiger partial charge < -0.3 is 10.2 Å². The Morgan fingerprint density at radius 3 is 2.93 bits per heavy atom. The van der Waals surface area contributed by atoms with Crippen molar-refractivity contribution in [1.29, 1.82) is 0 Å². The normalized spacial score (nSPS) is 12.3. The molecule has 0 saturated carbocycles. The molecule has 1 aromatic carbocycles. The largest absolute Gasteiger partial charge is 0.410 e. The first kappa shape index (κ1) is 9.37. The van der Waals surface area contributed by atoms with E-state index in [9.17, 15) is 0 Å². The highest BCUT2D eigenvalue weighted by Gasteiger charge is 2.09. The first-order valence-corrected chi connectivity index (χ1v) is 4.63. The number of nitrogens with one attached hydrogen (secondary N) is 1. The van der Waals surface area contributed by atoms with E-state index in [1.54, 1.807) is 12.3 Å². The molecule has 0 aliphatic carbocycles. The van der Waals surface area contributed by atoms with Crippen molar-refractivity contribution in [2.75, 3.05) is 0 Å². The fourth-order valence-corrected chi connectivity index (χ4v) is 1.73. The van der Waals surface area contributed by atoms with Gasteiger partial charge in [-0.3, -0.25) is 0 Å². The minimum Gasteiger partial charge on any atom is -0.410 e. The molecule has 0 fully saturated rings. The summed E-state index contributed by atoms with van der Waals surface area (Å²) in [4.78, 5) is 2.96. The highest BCUT2D eigenvalue weighted by Crippen LogP contribution is 2.26. The number of hydrogen-bond acceptors (Lipinski definition) is 2. The van der Waals surface area contributed by atoms with Crippen molar-refractivity contribution in [2.24, 2.45) is 5.16 Å². The van der Waals surface area contributed by atoms with E-state index in [1.165, 1.54) is 0 Å². The average Bonchev–Trinajstić information content (AvgIpc) is 2.62. The number of hydrogen-bond donors (Lipinski definition) is 2. The molecular formula is C9H6Cl2N2O. The van der Waals surface area contributed by atoms with Gasteiger partial charge in [0.25, 0.3) is 0 Å². The van der Waals surface area contributed by atoms with Gasteiger partial charge in [-0.05, 0) is 6.07 Å². The number of rotatable bonds is 1. The molecule has 0 aliphatic heterocycles. The molecule has 0 radical (unpaired) electrons. The second kappa shape index (κ2) is 3.52. The molecule has 0 bridgehead atoms. The van der Waals surface area contributed by atoms with Gasteiger partial charge in [-0.2, -0.15) is 0 Å². The van der Waals surface area contributed by atoms with Crippen molar-refractivity contribution in [3.05, 3.63) is 35.0 Å². The quantitative estimate of drug-likeness (QED) is 0.440. The topological polar surface area (TPSA) is 48.4 Å². The predicted molar refractivity (Wildman–Crippen MR) is 57.5 cm³/mol. The fourth-order valence-electron chi connectivity index (χ4n) is 1.34. The van der Waals surface area contributed by atoms with Crippen molar-refractivity contribution >= 4 is 39.3 Å². The minimum atomic E-state index is 0.0403. The highest BCUT2D eigenvalue weighted by atomic mass is 35.5. The van der Waals surface area contributed by atoms with Crippen LogP contribution in [0.1, 0.15) is 5.56 Å². The number of H-pyrrole nitrogens is 1. The van der Waals surface area contributed by atoms with Gasteiger partial charge in [-0.1, -0.05) is 40.5 Å². The lowest BCUT2D eigenvalue weighted by Crippen LogP contribution is -1.87. The van der Waals surface area contributed by atoms with Crippen LogP contribution in [0.3, 0.4) is 0 Å². The van der Waals surface area contributed by atoms with Gasteiger partial charge in [0, 0.05) is 17.1 Å². The molecule has 0 amide bonds. The van der Waals surface area contributed by atoms with E-state index in [0.29, 0.717) is 10.6 Å². The van der Waals surface area contributed by atoms with Crippen molar-refractivity contribution in [3.8, 4) is 0 Å². The maximum Gasteiger partial charge on any atom is 0.177 e. The summed E-state index contributed by atoms with van der Waals surface area (Å²) in [7, 11) is 0. The summed E-state index contributed by atoms with van der Waals surface area (Å²) in [6.07, 6.45) is 1.65. The lowest BCUT2D eigenvalue weighted by Gasteiger charge is -1.94. The van der Waals surface area contributed by atoms with E-state index in [0.717, 1.165) is 10.9 Å². The van der Waals surface area contributed by atoms with E-state index in [1.807, 2.05) is 12.1 Å². The second-order valence-corrected chi connectivity index (χ2v) is 3.52. The Labute approximate surface area is 89.9 Å². The molecule has 0 atom stereocenters. The van der Waals surface area contributed by atoms with Gasteiger partial charge in [0.1, 0.15) is 0 Å². The van der Waals surface area contributed by atoms with Gasteiger partial charge >= 0.3 is 0 Å². The number of aromatic nitrogens is 1. The molecule has 2 rings (SSSR count). The Bertz CT molecular complexity index is 504. The predicted octanol–water partition coefficient (Wildman–Crippen LogP) is 3.20. The van der Waals surface area contributed by atoms with Crippen LogP contribution in [0.4, 0.5) is 0 Å². The zero-order valence-corrected chi connectivity index (χ0v) is 8.47. The Kier molecular flexibility index (Phi) is 2.35. The zero-order valence-electron chi connectivity index (χ0n) is 6.96. The molecule has 0 saturated heterocycles. The molecule has 1 aromatic heterocycles. The lowest BCUT2D eigenvalue weighted by molar-refractivity contribution is 0.321. The standard InChI is InChI=1S/C9H6Cl2N2O/c10-7-3-1-2-5-6(9(11)13-14)4-12-8(5)7/h1-4,12,14H. The first-order valence-electron chi connectivity index (χ1n) is 3.87. The maximum absolute atomic E-state index is 8.54. The zero-order chi connectivity index (χ0) is 10.1. The van der Waals surface area contributed by atoms with Crippen LogP contribution in [0.25, 0.3) is 10.9 Å². The Balaban J connectivity index is 2.76. The van der Waals surface area contributed by atoms with E-state index >= 15 is 0 Å². The molecule has 0 aliphatic rings. The highest BCUT2D eigenvalue weighted by molar-refractivity contribution is 6.70. The number of para-hydroxylation sites is 1. The van der Waals surface area contributed by atoms with Crippen molar-refractivity contribution in [2.45, 2.75) is 0 Å². The maximum atomic E-state index is 8.54. The first-order chi connectivity index (χ1) is 6.74. The number of benzene rings is 1. The summed E-state index contributed by atoms with van der Waals surface area (Å²) in [6, 6.07) is 5.43. The molecule has 14 heavy (non-hydrogen) atoms. The van der Waals surface area contributed by atoms with Crippen molar-refractivity contribution < 1.29 is 5.21 Å². The molecule has 0 unspecified atom stereocenters. The summed E-state index contributed by atoms with van der Waals surface area (Å²) < 4.78 is 0. The number of oxime groups is 1. The summed E-state index contributed by atoms with van der Waals surface area (Å²) in [5.74, 6) is 0. The van der Waals surface area contributed by atoms with Crippen LogP contribution < -0.4 is 0 Å². The summed E-state index contributed by atoms with van der Waals surface area (Å²) in [5.41, 5.74) is 1.41. The van der Waals surface area contributed by atoms with Gasteiger partial charge in [0.2, 0.25) is 0 Å². The lowest BCUT2D eigenvalue weighted by atomic mass is 10.2. The second-order valence-electron chi connectivity index (χ2n) is 2.76. The average molecular weight is 229 g/mol. The number of halogens is 2. The third-order valence-corrected chi connectivity index (χ3v) is 2.57. The molecule has 3 nitrogen and oxygen atoms in total. The third kappa shape index (κ3) is 1.35. The van der Waals surface area contributed by atoms with Gasteiger partial charge in [0.15, 0.2) is 5.17 Å². The van der Waals surface area contributed by atoms with Crippen LogP contribution in [0, 0.1) is 0 Å². The van der Waals surface area contributed by atoms with Gasteiger partial charge in [-0.25, -0.2) is 0 Å². The monoisotopic (exact) mass is 228 g/mol. The Morgan fingerprint density at radius 2 is 2.21 bits per heavy atom. The molecule has 72 valence electrons. The van der Waals surface area contributed by atoms with E-state index in [2.05, 4.69) is 10.1 Å². The SMILES string of the molecule is ON=C(Cl)c1c[nH]c2c(Cl)cccc12. The molecule has 2 N–H and O–H groups in total. The van der Waals surface area contributed by atoms with Crippen molar-refractivity contribution in [1.82, 2.24) is 4.98 Å². The summed E-state index contributed by atoms with van der Waals surface area (Å²) in [6.45, 7) is 0. The minimum absolute atomic E-state index is 0.0403. The van der Waals surface area contributed by atoms with Crippen LogP contribution in [0.2, 0.25) is 5.02 Å².